The van der Waals surface area contributed by atoms with Crippen molar-refractivity contribution in [1.82, 2.24) is 24.6 Å². The van der Waals surface area contributed by atoms with Crippen LogP contribution in [-0.4, -0.2) is 50.8 Å². The van der Waals surface area contributed by atoms with Crippen LogP contribution >= 0.6 is 0 Å². The predicted molar refractivity (Wildman–Crippen MR) is 110 cm³/mol. The van der Waals surface area contributed by atoms with Crippen molar-refractivity contribution < 1.29 is 8.83 Å². The normalized spacial score (nSPS) is 15.0. The summed E-state index contributed by atoms with van der Waals surface area (Å²) in [5, 5.41) is 15.0. The molecule has 1 fully saturated rings. The van der Waals surface area contributed by atoms with Crippen LogP contribution in [0.25, 0.3) is 22.7 Å². The van der Waals surface area contributed by atoms with Gasteiger partial charge in [-0.1, -0.05) is 0 Å². The van der Waals surface area contributed by atoms with Gasteiger partial charge in [0, 0.05) is 51.4 Å². The molecule has 1 aliphatic rings. The molecule has 0 radical (unpaired) electrons. The van der Waals surface area contributed by atoms with E-state index in [9.17, 15) is 5.26 Å². The van der Waals surface area contributed by atoms with Crippen LogP contribution < -0.4 is 4.90 Å². The topological polar surface area (TPSA) is 100 Å². The molecule has 9 heteroatoms. The number of rotatable bonds is 4. The number of nitrogens with zero attached hydrogens (tertiary/aromatic N) is 7. The molecule has 152 valence electrons. The second-order valence-corrected chi connectivity index (χ2v) is 7.45. The Labute approximate surface area is 173 Å². The molecule has 0 aliphatic carbocycles. The molecule has 4 aromatic heterocycles. The van der Waals surface area contributed by atoms with Gasteiger partial charge in [-0.2, -0.15) is 15.3 Å². The molecule has 1 aliphatic heterocycles. The van der Waals surface area contributed by atoms with E-state index in [1.54, 1.807) is 18.4 Å². The molecule has 0 aromatic carbocycles. The lowest BCUT2D eigenvalue weighted by Gasteiger charge is -2.34. The fraction of sp³-hybridized carbons (Fsp3) is 0.333. The van der Waals surface area contributed by atoms with Crippen LogP contribution in [0, 0.1) is 18.3 Å². The number of nitriles is 1. The van der Waals surface area contributed by atoms with Gasteiger partial charge in [0.25, 0.3) is 5.89 Å². The molecule has 0 atom stereocenters. The molecule has 4 aromatic rings. The van der Waals surface area contributed by atoms with Crippen molar-refractivity contribution in [2.75, 3.05) is 31.1 Å². The Bertz CT molecular complexity index is 1220. The smallest absolute Gasteiger partial charge is 0.266 e. The van der Waals surface area contributed by atoms with Gasteiger partial charge in [0.05, 0.1) is 12.0 Å². The summed E-state index contributed by atoms with van der Waals surface area (Å²) in [5.74, 6) is 1.36. The third-order valence-electron chi connectivity index (χ3n) is 5.43. The number of oxazole rings is 1. The van der Waals surface area contributed by atoms with Crippen molar-refractivity contribution in [3.63, 3.8) is 0 Å². The fourth-order valence-corrected chi connectivity index (χ4v) is 3.91. The van der Waals surface area contributed by atoms with Gasteiger partial charge in [-0.15, -0.1) is 0 Å². The minimum atomic E-state index is 0.288. The van der Waals surface area contributed by atoms with Crippen molar-refractivity contribution in [3.8, 4) is 17.7 Å². The first kappa shape index (κ1) is 18.4. The van der Waals surface area contributed by atoms with E-state index in [1.807, 2.05) is 24.9 Å². The van der Waals surface area contributed by atoms with E-state index in [1.165, 1.54) is 5.56 Å². The molecule has 0 saturated carbocycles. The predicted octanol–water partition coefficient (Wildman–Crippen LogP) is 2.72. The molecule has 0 unspecified atom stereocenters. The molecule has 0 bridgehead atoms. The monoisotopic (exact) mass is 403 g/mol. The molecule has 30 heavy (non-hydrogen) atoms. The lowest BCUT2D eigenvalue weighted by molar-refractivity contribution is 0.246. The van der Waals surface area contributed by atoms with Crippen LogP contribution in [0.2, 0.25) is 0 Å². The van der Waals surface area contributed by atoms with E-state index in [0.717, 1.165) is 49.5 Å². The van der Waals surface area contributed by atoms with Gasteiger partial charge >= 0.3 is 0 Å². The number of furan rings is 1. The number of aryl methyl sites for hydroxylation is 2. The molecule has 5 rings (SSSR count). The Morgan fingerprint density at radius 3 is 2.80 bits per heavy atom. The minimum absolute atomic E-state index is 0.288. The van der Waals surface area contributed by atoms with Crippen molar-refractivity contribution in [3.05, 3.63) is 47.6 Å². The summed E-state index contributed by atoms with van der Waals surface area (Å²) in [7, 11) is 1.91. The Kier molecular flexibility index (Phi) is 4.48. The summed E-state index contributed by atoms with van der Waals surface area (Å²) in [6.07, 6.45) is 3.49. The summed E-state index contributed by atoms with van der Waals surface area (Å²) in [6, 6.07) is 7.84. The Morgan fingerprint density at radius 1 is 1.23 bits per heavy atom. The average molecular weight is 403 g/mol. The molecule has 0 amide bonds. The first-order valence-corrected chi connectivity index (χ1v) is 9.82. The lowest BCUT2D eigenvalue weighted by Crippen LogP contribution is -2.46. The van der Waals surface area contributed by atoms with Crippen molar-refractivity contribution in [2.24, 2.45) is 7.05 Å². The molecule has 9 nitrogen and oxygen atoms in total. The van der Waals surface area contributed by atoms with Crippen molar-refractivity contribution >= 4 is 16.9 Å². The number of anilines is 1. The Morgan fingerprint density at radius 2 is 2.07 bits per heavy atom. The summed E-state index contributed by atoms with van der Waals surface area (Å²) in [4.78, 5) is 13.3. The SMILES string of the molecule is Cc1nn(C)c2ncc(CN3CCN(c4oc(-c5ccco5)nc4C#N)CC3)cc12. The number of hydrogen-bond acceptors (Lipinski definition) is 8. The second-order valence-electron chi connectivity index (χ2n) is 7.45. The van der Waals surface area contributed by atoms with E-state index in [-0.39, 0.29) is 5.69 Å². The maximum atomic E-state index is 9.46. The molecule has 5 heterocycles. The highest BCUT2D eigenvalue weighted by atomic mass is 16.4. The highest BCUT2D eigenvalue weighted by Crippen LogP contribution is 2.29. The number of hydrogen-bond donors (Lipinski definition) is 0. The highest BCUT2D eigenvalue weighted by molar-refractivity contribution is 5.78. The number of aromatic nitrogens is 4. The largest absolute Gasteiger partial charge is 0.459 e. The van der Waals surface area contributed by atoms with Gasteiger partial charge < -0.3 is 13.7 Å². The van der Waals surface area contributed by atoms with E-state index >= 15 is 0 Å². The van der Waals surface area contributed by atoms with E-state index < -0.39 is 0 Å². The summed E-state index contributed by atoms with van der Waals surface area (Å²) < 4.78 is 13.0. The quantitative estimate of drug-likeness (QED) is 0.513. The van der Waals surface area contributed by atoms with Crippen LogP contribution in [0.15, 0.2) is 39.5 Å². The molecular formula is C21H21N7O2. The summed E-state index contributed by atoms with van der Waals surface area (Å²) in [6.45, 7) is 6.04. The second kappa shape index (κ2) is 7.31. The highest BCUT2D eigenvalue weighted by Gasteiger charge is 2.25. The third-order valence-corrected chi connectivity index (χ3v) is 5.43. The lowest BCUT2D eigenvalue weighted by atomic mass is 10.2. The maximum Gasteiger partial charge on any atom is 0.266 e. The standard InChI is InChI=1S/C21H21N7O2/c1-14-16-10-15(12-23-19(16)26(2)25-14)13-27-5-7-28(8-6-27)21-17(11-22)24-20(30-21)18-4-3-9-29-18/h3-4,9-10,12H,5-8,13H2,1-2H3. The number of piperazine rings is 1. The van der Waals surface area contributed by atoms with Gasteiger partial charge in [0.2, 0.25) is 11.6 Å². The van der Waals surface area contributed by atoms with E-state index in [0.29, 0.717) is 17.5 Å². The molecule has 0 N–H and O–H groups in total. The average Bonchev–Trinajstić information content (AvgIpc) is 3.48. The third kappa shape index (κ3) is 3.21. The molecular weight excluding hydrogens is 382 g/mol. The molecule has 1 saturated heterocycles. The molecule has 0 spiro atoms. The zero-order valence-corrected chi connectivity index (χ0v) is 16.9. The summed E-state index contributed by atoms with van der Waals surface area (Å²) >= 11 is 0. The first-order chi connectivity index (χ1) is 14.6. The van der Waals surface area contributed by atoms with E-state index in [4.69, 9.17) is 8.83 Å². The Balaban J connectivity index is 1.28. The van der Waals surface area contributed by atoms with Crippen LogP contribution in [0.3, 0.4) is 0 Å². The van der Waals surface area contributed by atoms with Crippen molar-refractivity contribution in [2.45, 2.75) is 13.5 Å². The van der Waals surface area contributed by atoms with Crippen LogP contribution in [0.5, 0.6) is 0 Å². The zero-order valence-electron chi connectivity index (χ0n) is 16.9. The maximum absolute atomic E-state index is 9.46. The summed E-state index contributed by atoms with van der Waals surface area (Å²) in [5.41, 5.74) is 3.36. The first-order valence-electron chi connectivity index (χ1n) is 9.82. The van der Waals surface area contributed by atoms with Crippen LogP contribution in [0.1, 0.15) is 17.0 Å². The van der Waals surface area contributed by atoms with Crippen molar-refractivity contribution in [1.29, 1.82) is 5.26 Å². The van der Waals surface area contributed by atoms with E-state index in [2.05, 4.69) is 37.0 Å². The van der Waals surface area contributed by atoms with Gasteiger partial charge in [-0.25, -0.2) is 4.98 Å². The van der Waals surface area contributed by atoms with Crippen LogP contribution in [-0.2, 0) is 13.6 Å². The van der Waals surface area contributed by atoms with Crippen LogP contribution in [0.4, 0.5) is 5.88 Å². The Hall–Kier alpha value is -3.64. The zero-order chi connectivity index (χ0) is 20.7. The minimum Gasteiger partial charge on any atom is -0.459 e. The van der Waals surface area contributed by atoms with Gasteiger partial charge in [0.1, 0.15) is 6.07 Å². The number of pyridine rings is 1. The number of fused-ring (bicyclic) bond motifs is 1. The van der Waals surface area contributed by atoms with Gasteiger partial charge in [-0.3, -0.25) is 9.58 Å². The fourth-order valence-electron chi connectivity index (χ4n) is 3.91. The van der Waals surface area contributed by atoms with Gasteiger partial charge in [-0.05, 0) is 30.7 Å². The van der Waals surface area contributed by atoms with Gasteiger partial charge in [0.15, 0.2) is 11.4 Å².